The predicted molar refractivity (Wildman–Crippen MR) is 171 cm³/mol. The molecule has 0 bridgehead atoms. The van der Waals surface area contributed by atoms with Gasteiger partial charge in [-0.1, -0.05) is 57.5 Å². The number of nitrogens with one attached hydrogen (secondary N) is 2. The third-order valence-corrected chi connectivity index (χ3v) is 10.00. The number of likely N-dealkylation sites (tertiary alicyclic amines) is 1. The predicted octanol–water partition coefficient (Wildman–Crippen LogP) is 3.14. The second-order valence-electron chi connectivity index (χ2n) is 13.2. The van der Waals surface area contributed by atoms with Crippen molar-refractivity contribution in [2.75, 3.05) is 45.8 Å². The van der Waals surface area contributed by atoms with Crippen LogP contribution in [0.3, 0.4) is 0 Å². The molecule has 5 amide bonds. The van der Waals surface area contributed by atoms with E-state index in [9.17, 15) is 27.6 Å². The standard InChI is InChI=1S/C33H45N5O6S/c1-23-6-12-28(13-7-23)45(43,44)34-16-19-37(31(41)26-8-10-27(11-9-26)33(3,4)5)21-25-14-17-36(18-15-25)29(39)22-38-20-24(2)30(40)35-32(38)42/h6-13,24-25,34H,14-22H2,1-5H3,(H,35,40,42). The summed E-state index contributed by atoms with van der Waals surface area (Å²) in [6, 6.07) is 13.6. The van der Waals surface area contributed by atoms with Gasteiger partial charge in [-0.25, -0.2) is 17.9 Å². The molecule has 45 heavy (non-hydrogen) atoms. The fourth-order valence-corrected chi connectivity index (χ4v) is 6.59. The topological polar surface area (TPSA) is 136 Å². The van der Waals surface area contributed by atoms with Crippen molar-refractivity contribution in [3.63, 3.8) is 0 Å². The second kappa shape index (κ2) is 14.1. The van der Waals surface area contributed by atoms with E-state index in [1.54, 1.807) is 41.0 Å². The monoisotopic (exact) mass is 639 g/mol. The number of hydrogen-bond donors (Lipinski definition) is 2. The molecule has 2 heterocycles. The molecule has 0 spiro atoms. The smallest absolute Gasteiger partial charge is 0.324 e. The summed E-state index contributed by atoms with van der Waals surface area (Å²) < 4.78 is 28.4. The van der Waals surface area contributed by atoms with E-state index in [4.69, 9.17) is 0 Å². The average molecular weight is 640 g/mol. The maximum absolute atomic E-state index is 13.7. The van der Waals surface area contributed by atoms with E-state index in [1.165, 1.54) is 4.90 Å². The zero-order valence-electron chi connectivity index (χ0n) is 26.8. The highest BCUT2D eigenvalue weighted by atomic mass is 32.2. The molecule has 1 unspecified atom stereocenters. The number of carbonyl (C=O) groups is 4. The molecule has 0 aliphatic carbocycles. The van der Waals surface area contributed by atoms with Crippen LogP contribution >= 0.6 is 0 Å². The summed E-state index contributed by atoms with van der Waals surface area (Å²) in [4.78, 5) is 55.6. The van der Waals surface area contributed by atoms with Crippen LogP contribution in [-0.2, 0) is 25.0 Å². The van der Waals surface area contributed by atoms with Crippen molar-refractivity contribution in [2.45, 2.75) is 57.8 Å². The Labute approximate surface area is 266 Å². The van der Waals surface area contributed by atoms with Crippen LogP contribution in [-0.4, -0.2) is 92.7 Å². The van der Waals surface area contributed by atoms with Gasteiger partial charge in [0, 0.05) is 44.8 Å². The molecule has 2 fully saturated rings. The lowest BCUT2D eigenvalue weighted by Crippen LogP contribution is -2.56. The molecule has 2 N–H and O–H groups in total. The Morgan fingerprint density at radius 3 is 2.22 bits per heavy atom. The van der Waals surface area contributed by atoms with Crippen LogP contribution < -0.4 is 10.0 Å². The number of imide groups is 1. The highest BCUT2D eigenvalue weighted by Gasteiger charge is 2.33. The number of benzene rings is 2. The number of aryl methyl sites for hydroxylation is 1. The number of sulfonamides is 1. The van der Waals surface area contributed by atoms with Crippen LogP contribution in [0.25, 0.3) is 0 Å². The van der Waals surface area contributed by atoms with Gasteiger partial charge in [0.05, 0.1) is 10.8 Å². The summed E-state index contributed by atoms with van der Waals surface area (Å²) in [5.74, 6) is -0.963. The molecule has 0 aromatic heterocycles. The van der Waals surface area contributed by atoms with Gasteiger partial charge < -0.3 is 14.7 Å². The Hall–Kier alpha value is -3.77. The van der Waals surface area contributed by atoms with Gasteiger partial charge in [0.25, 0.3) is 5.91 Å². The summed E-state index contributed by atoms with van der Waals surface area (Å²) in [5.41, 5.74) is 2.54. The van der Waals surface area contributed by atoms with E-state index in [1.807, 2.05) is 31.2 Å². The number of rotatable bonds is 10. The van der Waals surface area contributed by atoms with E-state index in [0.717, 1.165) is 11.1 Å². The molecule has 244 valence electrons. The molecule has 0 saturated carbocycles. The maximum atomic E-state index is 13.7. The third kappa shape index (κ3) is 8.91. The summed E-state index contributed by atoms with van der Waals surface area (Å²) in [6.45, 7) is 11.7. The average Bonchev–Trinajstić information content (AvgIpc) is 2.99. The quantitative estimate of drug-likeness (QED) is 0.410. The molecule has 2 aromatic carbocycles. The van der Waals surface area contributed by atoms with Crippen molar-refractivity contribution >= 4 is 33.8 Å². The minimum Gasteiger partial charge on any atom is -0.341 e. The van der Waals surface area contributed by atoms with Gasteiger partial charge in [-0.2, -0.15) is 0 Å². The molecule has 1 atom stereocenters. The van der Waals surface area contributed by atoms with Gasteiger partial charge in [0.2, 0.25) is 21.8 Å². The van der Waals surface area contributed by atoms with Gasteiger partial charge >= 0.3 is 6.03 Å². The van der Waals surface area contributed by atoms with Gasteiger partial charge in [0.1, 0.15) is 6.54 Å². The summed E-state index contributed by atoms with van der Waals surface area (Å²) >= 11 is 0. The molecule has 0 radical (unpaired) electrons. The lowest BCUT2D eigenvalue weighted by atomic mass is 9.86. The largest absolute Gasteiger partial charge is 0.341 e. The van der Waals surface area contributed by atoms with Crippen LogP contribution in [0.15, 0.2) is 53.4 Å². The van der Waals surface area contributed by atoms with Crippen LogP contribution in [0.5, 0.6) is 0 Å². The minimum absolute atomic E-state index is 0.0537. The van der Waals surface area contributed by atoms with Gasteiger partial charge in [-0.15, -0.1) is 0 Å². The van der Waals surface area contributed by atoms with E-state index < -0.39 is 16.1 Å². The molecule has 2 saturated heterocycles. The number of piperidine rings is 1. The van der Waals surface area contributed by atoms with Crippen molar-refractivity contribution in [3.05, 3.63) is 65.2 Å². The van der Waals surface area contributed by atoms with Crippen LogP contribution in [0, 0.1) is 18.8 Å². The molecule has 2 aliphatic rings. The second-order valence-corrected chi connectivity index (χ2v) is 15.0. The first-order valence-electron chi connectivity index (χ1n) is 15.5. The van der Waals surface area contributed by atoms with E-state index >= 15 is 0 Å². The van der Waals surface area contributed by atoms with Crippen LogP contribution in [0.4, 0.5) is 4.79 Å². The Kier molecular flexibility index (Phi) is 10.7. The summed E-state index contributed by atoms with van der Waals surface area (Å²) in [5, 5.41) is 2.28. The van der Waals surface area contributed by atoms with Gasteiger partial charge in [-0.3, -0.25) is 19.7 Å². The summed E-state index contributed by atoms with van der Waals surface area (Å²) in [6.07, 6.45) is 1.32. The molecule has 2 aliphatic heterocycles. The summed E-state index contributed by atoms with van der Waals surface area (Å²) in [7, 11) is -3.74. The molecular weight excluding hydrogens is 594 g/mol. The number of urea groups is 1. The zero-order chi connectivity index (χ0) is 32.9. The zero-order valence-corrected chi connectivity index (χ0v) is 27.7. The molecular formula is C33H45N5O6S. The van der Waals surface area contributed by atoms with Crippen molar-refractivity contribution in [1.82, 2.24) is 24.7 Å². The highest BCUT2D eigenvalue weighted by molar-refractivity contribution is 7.89. The van der Waals surface area contributed by atoms with E-state index in [-0.39, 0.29) is 66.0 Å². The van der Waals surface area contributed by atoms with Crippen molar-refractivity contribution in [3.8, 4) is 0 Å². The molecule has 4 rings (SSSR count). The fourth-order valence-electron chi connectivity index (χ4n) is 5.57. The van der Waals surface area contributed by atoms with E-state index in [2.05, 4.69) is 30.8 Å². The SMILES string of the molecule is Cc1ccc(S(=O)(=O)NCCN(CC2CCN(C(=O)CN3CC(C)C(=O)NC3=O)CC2)C(=O)c2ccc(C(C)(C)C)cc2)cc1. The normalized spacial score (nSPS) is 18.1. The first-order chi connectivity index (χ1) is 21.1. The third-order valence-electron chi connectivity index (χ3n) is 8.52. The number of nitrogens with zero attached hydrogens (tertiary/aromatic N) is 3. The lowest BCUT2D eigenvalue weighted by molar-refractivity contribution is -0.135. The Bertz CT molecular complexity index is 1490. The molecule has 11 nitrogen and oxygen atoms in total. The fraction of sp³-hybridized carbons (Fsp3) is 0.515. The van der Waals surface area contributed by atoms with Crippen molar-refractivity contribution < 1.29 is 27.6 Å². The van der Waals surface area contributed by atoms with Gasteiger partial charge in [0.15, 0.2) is 0 Å². The van der Waals surface area contributed by atoms with Crippen LogP contribution in [0.1, 0.15) is 62.0 Å². The number of hydrogen-bond acceptors (Lipinski definition) is 6. The molecule has 12 heteroatoms. The van der Waals surface area contributed by atoms with Crippen molar-refractivity contribution in [2.24, 2.45) is 11.8 Å². The van der Waals surface area contributed by atoms with Crippen molar-refractivity contribution in [1.29, 1.82) is 0 Å². The minimum atomic E-state index is -3.74. The first-order valence-corrected chi connectivity index (χ1v) is 17.0. The van der Waals surface area contributed by atoms with Gasteiger partial charge in [-0.05, 0) is 60.9 Å². The molecule has 2 aromatic rings. The van der Waals surface area contributed by atoms with E-state index in [0.29, 0.717) is 38.0 Å². The Morgan fingerprint density at radius 1 is 1.00 bits per heavy atom. The Morgan fingerprint density at radius 2 is 1.62 bits per heavy atom. The first kappa shape index (κ1) is 34.1. The maximum Gasteiger partial charge on any atom is 0.324 e. The number of amides is 5. The number of carbonyl (C=O) groups excluding carboxylic acids is 4. The lowest BCUT2D eigenvalue weighted by Gasteiger charge is -2.37. The Balaban J connectivity index is 1.39. The highest BCUT2D eigenvalue weighted by Crippen LogP contribution is 2.24. The van der Waals surface area contributed by atoms with Crippen LogP contribution in [0.2, 0.25) is 0 Å².